The number of halogens is 3. The van der Waals surface area contributed by atoms with E-state index in [4.69, 9.17) is 34.8 Å². The first kappa shape index (κ1) is 23.1. The average Bonchev–Trinajstić information content (AvgIpc) is 2.79. The van der Waals surface area contributed by atoms with Crippen molar-refractivity contribution in [2.45, 2.75) is 19.3 Å². The lowest BCUT2D eigenvalue weighted by atomic mass is 10.1. The molecule has 0 saturated carbocycles. The molecule has 168 valence electrons. The topological polar surface area (TPSA) is 44.3 Å². The minimum atomic E-state index is 0.535. The van der Waals surface area contributed by atoms with Gasteiger partial charge in [-0.25, -0.2) is 9.97 Å². The van der Waals surface area contributed by atoms with Crippen molar-refractivity contribution in [3.8, 4) is 0 Å². The minimum Gasteiger partial charge on any atom is -0.369 e. The van der Waals surface area contributed by atoms with Crippen molar-refractivity contribution in [3.63, 3.8) is 0 Å². The van der Waals surface area contributed by atoms with Crippen LogP contribution >= 0.6 is 34.8 Å². The van der Waals surface area contributed by atoms with Crippen LogP contribution in [0.25, 0.3) is 0 Å². The van der Waals surface area contributed by atoms with Gasteiger partial charge in [-0.2, -0.15) is 0 Å². The molecule has 1 N–H and O–H groups in total. The molecule has 0 bridgehead atoms. The SMILES string of the molecule is CN1CCN(c2ccc(Nc3ncc(Cl)c(CCCc4c(Cl)cccc4Cl)n3)cc2)CC1. The number of aromatic nitrogens is 2. The number of hydrogen-bond donors (Lipinski definition) is 1. The van der Waals surface area contributed by atoms with Gasteiger partial charge in [0.25, 0.3) is 0 Å². The maximum absolute atomic E-state index is 6.35. The molecule has 0 radical (unpaired) electrons. The van der Waals surface area contributed by atoms with Crippen LogP contribution < -0.4 is 10.2 Å². The first-order valence-corrected chi connectivity index (χ1v) is 11.9. The molecule has 1 aliphatic heterocycles. The average molecular weight is 491 g/mol. The molecule has 3 aromatic rings. The second-order valence-electron chi connectivity index (χ2n) is 8.00. The van der Waals surface area contributed by atoms with Crippen molar-refractivity contribution in [1.29, 1.82) is 0 Å². The Morgan fingerprint density at radius 2 is 1.56 bits per heavy atom. The van der Waals surface area contributed by atoms with Crippen molar-refractivity contribution in [1.82, 2.24) is 14.9 Å². The highest BCUT2D eigenvalue weighted by molar-refractivity contribution is 6.36. The van der Waals surface area contributed by atoms with Gasteiger partial charge in [0.2, 0.25) is 5.95 Å². The summed E-state index contributed by atoms with van der Waals surface area (Å²) in [5.74, 6) is 0.535. The molecule has 2 aromatic carbocycles. The number of nitrogens with one attached hydrogen (secondary N) is 1. The number of rotatable bonds is 7. The Morgan fingerprint density at radius 3 is 2.25 bits per heavy atom. The molecule has 32 heavy (non-hydrogen) atoms. The zero-order valence-corrected chi connectivity index (χ0v) is 20.3. The van der Waals surface area contributed by atoms with Gasteiger partial charge in [-0.1, -0.05) is 40.9 Å². The summed E-state index contributed by atoms with van der Waals surface area (Å²) in [5.41, 5.74) is 3.94. The molecule has 1 aromatic heterocycles. The van der Waals surface area contributed by atoms with Gasteiger partial charge in [0.1, 0.15) is 0 Å². The van der Waals surface area contributed by atoms with Gasteiger partial charge in [-0.05, 0) is 68.3 Å². The number of anilines is 3. The summed E-state index contributed by atoms with van der Waals surface area (Å²) in [6.45, 7) is 4.27. The molecule has 0 unspecified atom stereocenters. The number of piperazine rings is 1. The Balaban J connectivity index is 1.37. The summed E-state index contributed by atoms with van der Waals surface area (Å²) in [5, 5.41) is 5.22. The van der Waals surface area contributed by atoms with E-state index in [2.05, 4.69) is 56.4 Å². The van der Waals surface area contributed by atoms with E-state index in [9.17, 15) is 0 Å². The lowest BCUT2D eigenvalue weighted by Crippen LogP contribution is -2.44. The van der Waals surface area contributed by atoms with Gasteiger partial charge < -0.3 is 15.1 Å². The van der Waals surface area contributed by atoms with Crippen LogP contribution in [0.5, 0.6) is 0 Å². The number of benzene rings is 2. The highest BCUT2D eigenvalue weighted by Gasteiger charge is 2.14. The molecule has 4 rings (SSSR count). The van der Waals surface area contributed by atoms with Crippen molar-refractivity contribution >= 4 is 52.1 Å². The standard InChI is InChI=1S/C24H26Cl3N5/c1-31-12-14-32(15-13-31)18-10-8-17(9-11-18)29-24-28-16-22(27)23(30-24)7-2-4-19-20(25)5-3-6-21(19)26/h3,5-6,8-11,16H,2,4,7,12-15H2,1H3,(H,28,29,30). The quantitative estimate of drug-likeness (QED) is 0.433. The van der Waals surface area contributed by atoms with E-state index in [-0.39, 0.29) is 0 Å². The van der Waals surface area contributed by atoms with Crippen molar-refractivity contribution < 1.29 is 0 Å². The molecule has 0 spiro atoms. The Morgan fingerprint density at radius 1 is 0.875 bits per heavy atom. The lowest BCUT2D eigenvalue weighted by Gasteiger charge is -2.34. The Hall–Kier alpha value is -2.05. The monoisotopic (exact) mass is 489 g/mol. The molecule has 2 heterocycles. The van der Waals surface area contributed by atoms with Gasteiger partial charge >= 0.3 is 0 Å². The Bertz CT molecular complexity index is 1030. The van der Waals surface area contributed by atoms with Gasteiger partial charge in [-0.15, -0.1) is 0 Å². The predicted molar refractivity (Wildman–Crippen MR) is 135 cm³/mol. The molecule has 0 atom stereocenters. The van der Waals surface area contributed by atoms with Crippen LogP contribution in [0.1, 0.15) is 17.7 Å². The van der Waals surface area contributed by atoms with Crippen LogP contribution in [-0.2, 0) is 12.8 Å². The molecular weight excluding hydrogens is 465 g/mol. The number of aryl methyl sites for hydroxylation is 1. The summed E-state index contributed by atoms with van der Waals surface area (Å²) < 4.78 is 0. The fourth-order valence-electron chi connectivity index (χ4n) is 3.79. The maximum Gasteiger partial charge on any atom is 0.227 e. The van der Waals surface area contributed by atoms with Crippen LogP contribution in [0, 0.1) is 0 Å². The van der Waals surface area contributed by atoms with Crippen LogP contribution in [0.4, 0.5) is 17.3 Å². The largest absolute Gasteiger partial charge is 0.369 e. The third-order valence-electron chi connectivity index (χ3n) is 5.71. The van der Waals surface area contributed by atoms with E-state index < -0.39 is 0 Å². The van der Waals surface area contributed by atoms with E-state index in [1.54, 1.807) is 6.20 Å². The highest BCUT2D eigenvalue weighted by Crippen LogP contribution is 2.27. The second kappa shape index (κ2) is 10.7. The molecular formula is C24H26Cl3N5. The van der Waals surface area contributed by atoms with Gasteiger partial charge in [0.15, 0.2) is 0 Å². The van der Waals surface area contributed by atoms with E-state index in [0.717, 1.165) is 56.0 Å². The summed E-state index contributed by atoms with van der Waals surface area (Å²) in [6.07, 6.45) is 3.95. The number of likely N-dealkylation sites (N-methyl/N-ethyl adjacent to an activating group) is 1. The van der Waals surface area contributed by atoms with E-state index in [1.807, 2.05) is 18.2 Å². The van der Waals surface area contributed by atoms with E-state index in [1.165, 1.54) is 5.69 Å². The molecule has 1 saturated heterocycles. The Labute approximate surface area is 204 Å². The minimum absolute atomic E-state index is 0.535. The zero-order valence-electron chi connectivity index (χ0n) is 18.0. The zero-order chi connectivity index (χ0) is 22.5. The van der Waals surface area contributed by atoms with Crippen LogP contribution in [0.3, 0.4) is 0 Å². The van der Waals surface area contributed by atoms with Gasteiger partial charge in [0, 0.05) is 47.6 Å². The lowest BCUT2D eigenvalue weighted by molar-refractivity contribution is 0.313. The predicted octanol–water partition coefficient (Wildman–Crippen LogP) is 6.11. The summed E-state index contributed by atoms with van der Waals surface area (Å²) in [4.78, 5) is 13.7. The normalized spacial score (nSPS) is 14.6. The van der Waals surface area contributed by atoms with Crippen LogP contribution in [0.2, 0.25) is 15.1 Å². The van der Waals surface area contributed by atoms with Crippen LogP contribution in [0.15, 0.2) is 48.7 Å². The molecule has 1 aliphatic rings. The third-order valence-corrected chi connectivity index (χ3v) is 6.73. The van der Waals surface area contributed by atoms with Crippen molar-refractivity contribution in [2.75, 3.05) is 43.4 Å². The van der Waals surface area contributed by atoms with E-state index >= 15 is 0 Å². The third kappa shape index (κ3) is 5.84. The van der Waals surface area contributed by atoms with Crippen molar-refractivity contribution in [2.24, 2.45) is 0 Å². The number of nitrogens with zero attached hydrogens (tertiary/aromatic N) is 4. The molecule has 5 nitrogen and oxygen atoms in total. The number of hydrogen-bond acceptors (Lipinski definition) is 5. The summed E-state index contributed by atoms with van der Waals surface area (Å²) in [6, 6.07) is 14.0. The van der Waals surface area contributed by atoms with Crippen LogP contribution in [-0.4, -0.2) is 48.1 Å². The fourth-order valence-corrected chi connectivity index (χ4v) is 4.56. The smallest absolute Gasteiger partial charge is 0.227 e. The van der Waals surface area contributed by atoms with Gasteiger partial charge in [-0.3, -0.25) is 0 Å². The van der Waals surface area contributed by atoms with Gasteiger partial charge in [0.05, 0.1) is 16.9 Å². The first-order chi connectivity index (χ1) is 15.5. The summed E-state index contributed by atoms with van der Waals surface area (Å²) in [7, 11) is 2.16. The summed E-state index contributed by atoms with van der Waals surface area (Å²) >= 11 is 18.9. The highest BCUT2D eigenvalue weighted by atomic mass is 35.5. The fraction of sp³-hybridized carbons (Fsp3) is 0.333. The maximum atomic E-state index is 6.35. The first-order valence-electron chi connectivity index (χ1n) is 10.7. The van der Waals surface area contributed by atoms with Crippen molar-refractivity contribution in [3.05, 3.63) is 75.0 Å². The molecule has 0 aliphatic carbocycles. The second-order valence-corrected chi connectivity index (χ2v) is 9.23. The molecule has 0 amide bonds. The molecule has 1 fully saturated rings. The van der Waals surface area contributed by atoms with E-state index in [0.29, 0.717) is 27.4 Å². The molecule has 8 heteroatoms. The Kier molecular flexibility index (Phi) is 7.74.